The summed E-state index contributed by atoms with van der Waals surface area (Å²) in [7, 11) is -2.21. The number of methoxy groups -OCH3 is 1. The van der Waals surface area contributed by atoms with Crippen LogP contribution in [0.25, 0.3) is 0 Å². The van der Waals surface area contributed by atoms with Gasteiger partial charge < -0.3 is 10.1 Å². The number of benzene rings is 1. The molecular formula is C15H22ClF2N3O4S. The van der Waals surface area contributed by atoms with Crippen LogP contribution in [-0.2, 0) is 26.1 Å². The van der Waals surface area contributed by atoms with Crippen LogP contribution >= 0.6 is 12.4 Å². The van der Waals surface area contributed by atoms with Gasteiger partial charge in [0.1, 0.15) is 0 Å². The monoisotopic (exact) mass is 413 g/mol. The van der Waals surface area contributed by atoms with Crippen molar-refractivity contribution < 1.29 is 26.7 Å². The molecule has 1 atom stereocenters. The molecule has 1 aromatic rings. The molecule has 1 unspecified atom stereocenters. The molecule has 0 aliphatic carbocycles. The maximum Gasteiger partial charge on any atom is 0.262 e. The number of amides is 1. The van der Waals surface area contributed by atoms with Crippen LogP contribution in [0.5, 0.6) is 0 Å². The van der Waals surface area contributed by atoms with Crippen molar-refractivity contribution in [1.82, 2.24) is 15.4 Å². The predicted molar refractivity (Wildman–Crippen MR) is 94.0 cm³/mol. The van der Waals surface area contributed by atoms with Gasteiger partial charge in [0.2, 0.25) is 15.9 Å². The van der Waals surface area contributed by atoms with Gasteiger partial charge in [0, 0.05) is 26.6 Å². The molecule has 11 heteroatoms. The Morgan fingerprint density at radius 3 is 2.77 bits per heavy atom. The number of carbonyl (C=O) groups is 1. The fraction of sp³-hybridized carbons (Fsp3) is 0.533. The van der Waals surface area contributed by atoms with Crippen molar-refractivity contribution in [1.29, 1.82) is 0 Å². The first-order chi connectivity index (χ1) is 11.7. The number of nitrogens with one attached hydrogen (secondary N) is 3. The van der Waals surface area contributed by atoms with Gasteiger partial charge in [-0.3, -0.25) is 10.1 Å². The summed E-state index contributed by atoms with van der Waals surface area (Å²) in [5.74, 6) is -3.42. The molecule has 0 radical (unpaired) electrons. The number of hydrogen-bond acceptors (Lipinski definition) is 5. The molecule has 7 nitrogen and oxygen atoms in total. The molecule has 0 spiro atoms. The largest absolute Gasteiger partial charge is 0.383 e. The molecular weight excluding hydrogens is 392 g/mol. The van der Waals surface area contributed by atoms with E-state index in [1.54, 1.807) is 12.1 Å². The van der Waals surface area contributed by atoms with Crippen molar-refractivity contribution in [2.45, 2.75) is 29.8 Å². The van der Waals surface area contributed by atoms with Crippen LogP contribution in [0.1, 0.15) is 12.0 Å². The first-order valence-corrected chi connectivity index (χ1v) is 9.18. The Kier molecular flexibility index (Phi) is 8.35. The van der Waals surface area contributed by atoms with Gasteiger partial charge in [-0.15, -0.1) is 12.4 Å². The van der Waals surface area contributed by atoms with Gasteiger partial charge in [-0.25, -0.2) is 21.9 Å². The Hall–Kier alpha value is -1.33. The minimum Gasteiger partial charge on any atom is -0.383 e. The minimum atomic E-state index is -3.68. The standard InChI is InChI=1S/C15H21F2N3O4S.ClH/c1-24-6-5-20-25(22,23)12-4-2-3-11(7-12)9-18-14(21)13-8-15(16,17)10-19-13;/h2-4,7,13,19-20H,5-6,8-10H2,1H3,(H,18,21);1H. The second kappa shape index (κ2) is 9.56. The van der Waals surface area contributed by atoms with E-state index in [4.69, 9.17) is 4.74 Å². The van der Waals surface area contributed by atoms with Gasteiger partial charge in [-0.2, -0.15) is 0 Å². The third-order valence-electron chi connectivity index (χ3n) is 3.70. The second-order valence-electron chi connectivity index (χ2n) is 5.75. The second-order valence-corrected chi connectivity index (χ2v) is 7.52. The number of rotatable bonds is 8. The Morgan fingerprint density at radius 2 is 2.15 bits per heavy atom. The highest BCUT2D eigenvalue weighted by molar-refractivity contribution is 7.89. The zero-order chi connectivity index (χ0) is 18.5. The molecule has 0 aromatic heterocycles. The van der Waals surface area contributed by atoms with E-state index in [-0.39, 0.29) is 37.0 Å². The highest BCUT2D eigenvalue weighted by Crippen LogP contribution is 2.25. The van der Waals surface area contributed by atoms with Crippen LogP contribution in [0, 0.1) is 0 Å². The SMILES string of the molecule is COCCNS(=O)(=O)c1cccc(CNC(=O)C2CC(F)(F)CN2)c1.Cl. The van der Waals surface area contributed by atoms with E-state index < -0.39 is 40.9 Å². The summed E-state index contributed by atoms with van der Waals surface area (Å²) in [6, 6.07) is 5.10. The Labute approximate surface area is 157 Å². The van der Waals surface area contributed by atoms with Gasteiger partial charge in [0.15, 0.2) is 0 Å². The van der Waals surface area contributed by atoms with E-state index in [9.17, 15) is 22.0 Å². The first-order valence-electron chi connectivity index (χ1n) is 7.70. The molecule has 1 aromatic carbocycles. The molecule has 1 saturated heterocycles. The molecule has 1 aliphatic heterocycles. The lowest BCUT2D eigenvalue weighted by atomic mass is 10.1. The molecule has 0 bridgehead atoms. The number of alkyl halides is 2. The van der Waals surface area contributed by atoms with Gasteiger partial charge in [-0.05, 0) is 17.7 Å². The third kappa shape index (κ3) is 6.44. The Balaban J connectivity index is 0.00000338. The third-order valence-corrected chi connectivity index (χ3v) is 5.16. The lowest BCUT2D eigenvalue weighted by molar-refractivity contribution is -0.123. The molecule has 1 fully saturated rings. The summed E-state index contributed by atoms with van der Waals surface area (Å²) in [5, 5.41) is 5.01. The molecule has 26 heavy (non-hydrogen) atoms. The normalized spacial score (nSPS) is 19.0. The van der Waals surface area contributed by atoms with E-state index in [1.165, 1.54) is 19.2 Å². The maximum absolute atomic E-state index is 13.1. The van der Waals surface area contributed by atoms with E-state index in [1.807, 2.05) is 0 Å². The van der Waals surface area contributed by atoms with Crippen molar-refractivity contribution in [2.75, 3.05) is 26.8 Å². The van der Waals surface area contributed by atoms with Crippen LogP contribution in [0.4, 0.5) is 8.78 Å². The highest BCUT2D eigenvalue weighted by Gasteiger charge is 2.42. The lowest BCUT2D eigenvalue weighted by Gasteiger charge is -2.12. The summed E-state index contributed by atoms with van der Waals surface area (Å²) in [6.07, 6.45) is -0.545. The average Bonchev–Trinajstić information content (AvgIpc) is 2.93. The molecule has 0 saturated carbocycles. The topological polar surface area (TPSA) is 96.5 Å². The van der Waals surface area contributed by atoms with Crippen molar-refractivity contribution >= 4 is 28.3 Å². The van der Waals surface area contributed by atoms with Crippen molar-refractivity contribution in [3.05, 3.63) is 29.8 Å². The van der Waals surface area contributed by atoms with Crippen LogP contribution in [0.2, 0.25) is 0 Å². The van der Waals surface area contributed by atoms with Crippen molar-refractivity contribution in [2.24, 2.45) is 0 Å². The highest BCUT2D eigenvalue weighted by atomic mass is 35.5. The smallest absolute Gasteiger partial charge is 0.262 e. The van der Waals surface area contributed by atoms with Crippen LogP contribution in [0.3, 0.4) is 0 Å². The first kappa shape index (κ1) is 22.7. The summed E-state index contributed by atoms with van der Waals surface area (Å²) in [4.78, 5) is 12.0. The predicted octanol–water partition coefficient (Wildman–Crippen LogP) is 0.646. The quantitative estimate of drug-likeness (QED) is 0.544. The molecule has 148 valence electrons. The van der Waals surface area contributed by atoms with Crippen LogP contribution < -0.4 is 15.4 Å². The fourth-order valence-corrected chi connectivity index (χ4v) is 3.48. The number of carbonyl (C=O) groups excluding carboxylic acids is 1. The lowest BCUT2D eigenvalue weighted by Crippen LogP contribution is -2.40. The number of sulfonamides is 1. The zero-order valence-corrected chi connectivity index (χ0v) is 15.8. The van der Waals surface area contributed by atoms with Gasteiger partial charge in [0.05, 0.1) is 24.1 Å². The summed E-state index contributed by atoms with van der Waals surface area (Å²) in [6.45, 7) is -0.0919. The minimum absolute atomic E-state index is 0. The van der Waals surface area contributed by atoms with E-state index in [2.05, 4.69) is 15.4 Å². The van der Waals surface area contributed by atoms with Gasteiger partial charge in [-0.1, -0.05) is 12.1 Å². The Morgan fingerprint density at radius 1 is 1.42 bits per heavy atom. The number of ether oxygens (including phenoxy) is 1. The van der Waals surface area contributed by atoms with Gasteiger partial charge in [0.25, 0.3) is 5.92 Å². The summed E-state index contributed by atoms with van der Waals surface area (Å²) >= 11 is 0. The van der Waals surface area contributed by atoms with Crippen molar-refractivity contribution in [3.8, 4) is 0 Å². The molecule has 1 heterocycles. The van der Waals surface area contributed by atoms with E-state index in [0.29, 0.717) is 5.56 Å². The molecule has 1 aliphatic rings. The maximum atomic E-state index is 13.1. The van der Waals surface area contributed by atoms with E-state index in [0.717, 1.165) is 0 Å². The number of halogens is 3. The summed E-state index contributed by atoms with van der Waals surface area (Å²) in [5.41, 5.74) is 0.549. The fourth-order valence-electron chi connectivity index (χ4n) is 2.40. The number of hydrogen-bond donors (Lipinski definition) is 3. The Bertz CT molecular complexity index is 719. The van der Waals surface area contributed by atoms with Crippen LogP contribution in [0.15, 0.2) is 29.2 Å². The van der Waals surface area contributed by atoms with Crippen LogP contribution in [-0.4, -0.2) is 53.1 Å². The zero-order valence-electron chi connectivity index (χ0n) is 14.1. The van der Waals surface area contributed by atoms with Crippen molar-refractivity contribution in [3.63, 3.8) is 0 Å². The molecule has 2 rings (SSSR count). The summed E-state index contributed by atoms with van der Waals surface area (Å²) < 4.78 is 57.7. The average molecular weight is 414 g/mol. The molecule has 3 N–H and O–H groups in total. The molecule has 1 amide bonds. The van der Waals surface area contributed by atoms with E-state index >= 15 is 0 Å². The van der Waals surface area contributed by atoms with Gasteiger partial charge >= 0.3 is 0 Å².